The van der Waals surface area contributed by atoms with Crippen molar-refractivity contribution in [3.8, 4) is 0 Å². The molecule has 0 aliphatic heterocycles. The van der Waals surface area contributed by atoms with Gasteiger partial charge in [-0.2, -0.15) is 0 Å². The Kier molecular flexibility index (Phi) is 19.9. The zero-order valence-corrected chi connectivity index (χ0v) is 23.0. The number of carboxylic acids is 2. The molecule has 2 atom stereocenters. The Bertz CT molecular complexity index is 644. The van der Waals surface area contributed by atoms with Crippen molar-refractivity contribution >= 4 is 27.6 Å². The van der Waals surface area contributed by atoms with Crippen LogP contribution in [0.25, 0.3) is 0 Å². The first-order valence-electron chi connectivity index (χ1n) is 10.1. The average Bonchev–Trinajstić information content (AvgIpc) is 2.58. The molecule has 16 heteroatoms. The zero-order chi connectivity index (χ0) is 27.6. The van der Waals surface area contributed by atoms with E-state index in [-0.39, 0.29) is 26.4 Å². The van der Waals surface area contributed by atoms with Crippen molar-refractivity contribution in [2.75, 3.05) is 81.8 Å². The van der Waals surface area contributed by atoms with Gasteiger partial charge in [0, 0.05) is 0 Å². The minimum atomic E-state index is -3.79. The lowest BCUT2D eigenvalue weighted by molar-refractivity contribution is -0.870. The summed E-state index contributed by atoms with van der Waals surface area (Å²) < 4.78 is 41.9. The summed E-state index contributed by atoms with van der Waals surface area (Å²) in [4.78, 5) is 36.9. The second-order valence-electron chi connectivity index (χ2n) is 8.44. The van der Waals surface area contributed by atoms with Gasteiger partial charge in [0.05, 0.1) is 67.4 Å². The molecule has 0 aromatic carbocycles. The number of rotatable bonds is 14. The summed E-state index contributed by atoms with van der Waals surface area (Å²) in [5.41, 5.74) is 0. The largest absolute Gasteiger partial charge is 0.545 e. The Morgan fingerprint density at radius 1 is 0.706 bits per heavy atom. The Morgan fingerprint density at radius 2 is 0.971 bits per heavy atom. The highest BCUT2D eigenvalue weighted by Crippen LogP contribution is 2.43. The van der Waals surface area contributed by atoms with Gasteiger partial charge in [-0.05, 0) is 26.0 Å². The quantitative estimate of drug-likeness (QED) is 0.152. The molecule has 14 nitrogen and oxygen atoms in total. The molecule has 0 bridgehead atoms. The van der Waals surface area contributed by atoms with Crippen molar-refractivity contribution in [3.05, 3.63) is 12.2 Å². The van der Waals surface area contributed by atoms with Crippen molar-refractivity contribution in [3.63, 3.8) is 0 Å². The predicted molar refractivity (Wildman–Crippen MR) is 120 cm³/mol. The third kappa shape index (κ3) is 35.4. The fourth-order valence-electron chi connectivity index (χ4n) is 1.40. The Labute approximate surface area is 201 Å². The van der Waals surface area contributed by atoms with Gasteiger partial charge in [0.2, 0.25) is 0 Å². The highest BCUT2D eigenvalue weighted by molar-refractivity contribution is 7.47. The Balaban J connectivity index is -0.000000438. The summed E-state index contributed by atoms with van der Waals surface area (Å²) in [5.74, 6) is -3.09. The van der Waals surface area contributed by atoms with Crippen LogP contribution in [0.4, 0.5) is 0 Å². The van der Waals surface area contributed by atoms with Gasteiger partial charge in [-0.1, -0.05) is 0 Å². The number of likely N-dealkylation sites (N-methyl/N-ethyl adjacent to an activating group) is 2. The number of hydrogen-bond acceptors (Lipinski definition) is 10. The predicted octanol–water partition coefficient (Wildman–Crippen LogP) is -1.27. The van der Waals surface area contributed by atoms with Crippen LogP contribution in [0.15, 0.2) is 12.2 Å². The number of quaternary nitrogens is 2. The van der Waals surface area contributed by atoms with Crippen molar-refractivity contribution in [2.45, 2.75) is 13.8 Å². The number of phosphoric ester groups is 2. The molecule has 0 aliphatic rings. The van der Waals surface area contributed by atoms with Crippen molar-refractivity contribution in [1.29, 1.82) is 0 Å². The molecule has 2 unspecified atom stereocenters. The van der Waals surface area contributed by atoms with E-state index in [0.29, 0.717) is 34.2 Å². The summed E-state index contributed by atoms with van der Waals surface area (Å²) in [6, 6.07) is 0. The SMILES string of the molecule is CCOP(=O)(O)OCC[N+](C)(C)C.CCOP(=O)(O)OCC[N+](C)(C)C.O=C([O-])/C=C/C(=O)[O-]. The molecule has 0 heterocycles. The second-order valence-corrected chi connectivity index (χ2v) is 11.3. The summed E-state index contributed by atoms with van der Waals surface area (Å²) in [7, 11) is 4.29. The fraction of sp³-hybridized carbons (Fsp3) is 0.778. The van der Waals surface area contributed by atoms with Gasteiger partial charge in [-0.3, -0.25) is 18.1 Å². The molecule has 0 aromatic heterocycles. The zero-order valence-electron chi connectivity index (χ0n) is 21.2. The number of carboxylic acid groups (broad SMARTS) is 2. The molecule has 0 aromatic rings. The number of carbonyl (C=O) groups is 2. The maximum atomic E-state index is 11.0. The highest BCUT2D eigenvalue weighted by Gasteiger charge is 2.21. The van der Waals surface area contributed by atoms with Crippen LogP contribution < -0.4 is 10.2 Å². The molecule has 0 aliphatic carbocycles. The standard InChI is InChI=1S/2C7H18NO4P.C4H4O4/c2*1-5-11-13(9,10)12-7-6-8(2,3)4;5-3(6)1-2-4(7)8/h2*5-7H2,1-4H3;1-2H,(H,5,6)(H,7,8)/b;;2-1+. The van der Waals surface area contributed by atoms with E-state index in [1.807, 2.05) is 42.3 Å². The summed E-state index contributed by atoms with van der Waals surface area (Å²) in [5, 5.41) is 18.8. The van der Waals surface area contributed by atoms with Crippen LogP contribution in [0.3, 0.4) is 0 Å². The first-order chi connectivity index (χ1) is 15.2. The molecule has 0 fully saturated rings. The maximum Gasteiger partial charge on any atom is 0.472 e. The lowest BCUT2D eigenvalue weighted by Crippen LogP contribution is -2.37. The van der Waals surface area contributed by atoms with Crippen LogP contribution in [0.5, 0.6) is 0 Å². The van der Waals surface area contributed by atoms with Crippen molar-refractivity contribution < 1.29 is 65.8 Å². The van der Waals surface area contributed by atoms with E-state index in [9.17, 15) is 28.9 Å². The molecular weight excluding hydrogens is 498 g/mol. The number of nitrogens with zero attached hydrogens (tertiary/aromatic N) is 2. The van der Waals surface area contributed by atoms with Crippen LogP contribution in [0.2, 0.25) is 0 Å². The van der Waals surface area contributed by atoms with Gasteiger partial charge in [-0.25, -0.2) is 9.13 Å². The number of carbonyl (C=O) groups excluding carboxylic acids is 2. The average molecular weight is 538 g/mol. The molecule has 0 radical (unpaired) electrons. The molecule has 34 heavy (non-hydrogen) atoms. The molecular formula is C18H40N2O12P2. The van der Waals surface area contributed by atoms with Crippen LogP contribution >= 0.6 is 15.6 Å². The van der Waals surface area contributed by atoms with Crippen LogP contribution in [-0.2, 0) is 36.8 Å². The summed E-state index contributed by atoms with van der Waals surface area (Å²) in [6.45, 7) is 5.41. The van der Waals surface area contributed by atoms with Gasteiger partial charge >= 0.3 is 15.6 Å². The number of aliphatic carboxylic acids is 2. The highest BCUT2D eigenvalue weighted by atomic mass is 31.2. The Hall–Kier alpha value is -1.18. The molecule has 0 amide bonds. The van der Waals surface area contributed by atoms with E-state index in [4.69, 9.17) is 18.8 Å². The molecule has 2 N–H and O–H groups in total. The van der Waals surface area contributed by atoms with E-state index in [1.54, 1.807) is 13.8 Å². The molecule has 0 saturated heterocycles. The fourth-order valence-corrected chi connectivity index (χ4v) is 2.82. The number of phosphoric acid groups is 2. The van der Waals surface area contributed by atoms with Crippen molar-refractivity contribution in [2.24, 2.45) is 0 Å². The van der Waals surface area contributed by atoms with E-state index in [1.165, 1.54) is 0 Å². The summed E-state index contributed by atoms with van der Waals surface area (Å²) >= 11 is 0. The first kappa shape index (κ1) is 37.4. The smallest absolute Gasteiger partial charge is 0.472 e. The van der Waals surface area contributed by atoms with E-state index < -0.39 is 27.6 Å². The monoisotopic (exact) mass is 538 g/mol. The van der Waals surface area contributed by atoms with Gasteiger partial charge in [-0.15, -0.1) is 0 Å². The van der Waals surface area contributed by atoms with Crippen molar-refractivity contribution in [1.82, 2.24) is 0 Å². The van der Waals surface area contributed by atoms with Gasteiger partial charge in [0.25, 0.3) is 0 Å². The summed E-state index contributed by atoms with van der Waals surface area (Å²) in [6.07, 6.45) is 0.769. The third-order valence-corrected chi connectivity index (χ3v) is 5.16. The van der Waals surface area contributed by atoms with Gasteiger partial charge < -0.3 is 38.6 Å². The minimum absolute atomic E-state index is 0.179. The lowest BCUT2D eigenvalue weighted by atomic mass is 10.5. The topological polar surface area (TPSA) is 192 Å². The van der Waals surface area contributed by atoms with Crippen LogP contribution in [0, 0.1) is 0 Å². The molecule has 0 saturated carbocycles. The maximum absolute atomic E-state index is 11.0. The Morgan fingerprint density at radius 3 is 1.15 bits per heavy atom. The molecule has 0 rings (SSSR count). The van der Waals surface area contributed by atoms with Crippen LogP contribution in [0.1, 0.15) is 13.8 Å². The van der Waals surface area contributed by atoms with E-state index >= 15 is 0 Å². The second kappa shape index (κ2) is 18.1. The third-order valence-electron chi connectivity index (χ3n) is 2.97. The normalized spacial score (nSPS) is 15.2. The molecule has 204 valence electrons. The van der Waals surface area contributed by atoms with Gasteiger partial charge in [0.1, 0.15) is 26.3 Å². The van der Waals surface area contributed by atoms with Gasteiger partial charge in [0.15, 0.2) is 0 Å². The first-order valence-corrected chi connectivity index (χ1v) is 13.1. The lowest BCUT2D eigenvalue weighted by Gasteiger charge is -2.23. The number of hydrogen-bond donors (Lipinski definition) is 2. The van der Waals surface area contributed by atoms with E-state index in [0.717, 1.165) is 0 Å². The van der Waals surface area contributed by atoms with E-state index in [2.05, 4.69) is 9.05 Å². The minimum Gasteiger partial charge on any atom is -0.545 e. The molecule has 0 spiro atoms. The van der Waals surface area contributed by atoms with Crippen LogP contribution in [-0.4, -0.2) is 112 Å².